The Hall–Kier alpha value is -2.30. The number of hydrogen-bond acceptors (Lipinski definition) is 3. The molecule has 0 aliphatic carbocycles. The summed E-state index contributed by atoms with van der Waals surface area (Å²) in [7, 11) is 1.74. The third kappa shape index (κ3) is 4.34. The lowest BCUT2D eigenvalue weighted by molar-refractivity contribution is 0.0321. The molecule has 23 heavy (non-hydrogen) atoms. The van der Waals surface area contributed by atoms with E-state index in [-0.39, 0.29) is 6.09 Å². The zero-order chi connectivity index (χ0) is 17.0. The van der Waals surface area contributed by atoms with Crippen LogP contribution in [0.15, 0.2) is 30.3 Å². The fraction of sp³-hybridized carbons (Fsp3) is 0.444. The molecular formula is C18H25N3O2. The molecule has 0 aliphatic heterocycles. The number of H-pyrrole nitrogens is 1. The smallest absolute Gasteiger partial charge is 0.410 e. The number of allylic oxidation sites excluding steroid dienone is 1. The van der Waals surface area contributed by atoms with Crippen LogP contribution in [0.4, 0.5) is 4.79 Å². The highest BCUT2D eigenvalue weighted by Gasteiger charge is 2.21. The second-order valence-electron chi connectivity index (χ2n) is 6.59. The van der Waals surface area contributed by atoms with Crippen LogP contribution in [0.3, 0.4) is 0 Å². The van der Waals surface area contributed by atoms with E-state index < -0.39 is 5.60 Å². The van der Waals surface area contributed by atoms with Crippen molar-refractivity contribution in [3.05, 3.63) is 36.0 Å². The molecule has 1 amide bonds. The lowest BCUT2D eigenvalue weighted by Gasteiger charge is -2.25. The highest BCUT2D eigenvalue weighted by Crippen LogP contribution is 2.24. The largest absolute Gasteiger partial charge is 0.444 e. The number of nitrogens with zero attached hydrogens (tertiary/aromatic N) is 2. The van der Waals surface area contributed by atoms with E-state index in [2.05, 4.69) is 23.2 Å². The van der Waals surface area contributed by atoms with E-state index >= 15 is 0 Å². The molecule has 0 aliphatic rings. The monoisotopic (exact) mass is 315 g/mol. The molecule has 2 rings (SSSR count). The van der Waals surface area contributed by atoms with E-state index in [1.54, 1.807) is 11.9 Å². The first-order chi connectivity index (χ1) is 10.8. The van der Waals surface area contributed by atoms with Crippen molar-refractivity contribution in [2.45, 2.75) is 39.7 Å². The number of ether oxygens (including phenoxy) is 1. The second kappa shape index (κ2) is 6.86. The minimum atomic E-state index is -0.501. The molecule has 1 heterocycles. The van der Waals surface area contributed by atoms with Crippen LogP contribution in [0.1, 0.15) is 39.8 Å². The van der Waals surface area contributed by atoms with Crippen LogP contribution in [0.25, 0.3) is 16.5 Å². The molecule has 2 aromatic rings. The first-order valence-electron chi connectivity index (χ1n) is 7.88. The number of rotatable bonds is 4. The van der Waals surface area contributed by atoms with Crippen LogP contribution in [0.2, 0.25) is 0 Å². The Balaban J connectivity index is 2.23. The van der Waals surface area contributed by atoms with E-state index in [0.29, 0.717) is 6.54 Å². The molecule has 0 spiro atoms. The molecule has 0 unspecified atom stereocenters. The number of carbonyl (C=O) groups excluding carboxylic acids is 1. The quantitative estimate of drug-likeness (QED) is 0.919. The highest BCUT2D eigenvalue weighted by atomic mass is 16.6. The van der Waals surface area contributed by atoms with Gasteiger partial charge >= 0.3 is 6.09 Å². The van der Waals surface area contributed by atoms with E-state index in [0.717, 1.165) is 28.6 Å². The lowest BCUT2D eigenvalue weighted by atomic mass is 10.1. The molecule has 1 N–H and O–H groups in total. The molecule has 0 saturated carbocycles. The van der Waals surface area contributed by atoms with Crippen molar-refractivity contribution in [3.63, 3.8) is 0 Å². The summed E-state index contributed by atoms with van der Waals surface area (Å²) >= 11 is 0. The Kier molecular flexibility index (Phi) is 5.08. The summed E-state index contributed by atoms with van der Waals surface area (Å²) in [6, 6.07) is 7.99. The number of likely N-dealkylation sites (N-methyl/N-ethyl adjacent to an activating group) is 1. The average molecular weight is 315 g/mol. The van der Waals surface area contributed by atoms with Crippen molar-refractivity contribution < 1.29 is 9.53 Å². The summed E-state index contributed by atoms with van der Waals surface area (Å²) < 4.78 is 5.41. The Morgan fingerprint density at radius 1 is 1.35 bits per heavy atom. The van der Waals surface area contributed by atoms with Gasteiger partial charge in [0.15, 0.2) is 0 Å². The van der Waals surface area contributed by atoms with Crippen molar-refractivity contribution in [1.29, 1.82) is 0 Å². The van der Waals surface area contributed by atoms with Gasteiger partial charge in [0.2, 0.25) is 0 Å². The number of hydrogen-bond donors (Lipinski definition) is 1. The number of amides is 1. The molecule has 0 bridgehead atoms. The number of aromatic amines is 1. The van der Waals surface area contributed by atoms with Crippen molar-refractivity contribution in [2.24, 2.45) is 0 Å². The van der Waals surface area contributed by atoms with Crippen molar-refractivity contribution >= 4 is 22.6 Å². The number of benzene rings is 1. The van der Waals surface area contributed by atoms with Gasteiger partial charge in [-0.3, -0.25) is 5.10 Å². The van der Waals surface area contributed by atoms with Gasteiger partial charge in [-0.25, -0.2) is 4.79 Å². The molecule has 0 fully saturated rings. The van der Waals surface area contributed by atoms with E-state index in [9.17, 15) is 4.79 Å². The Labute approximate surface area is 137 Å². The Bertz CT molecular complexity index is 710. The van der Waals surface area contributed by atoms with Gasteiger partial charge in [-0.15, -0.1) is 0 Å². The molecule has 0 atom stereocenters. The van der Waals surface area contributed by atoms with E-state index in [1.165, 1.54) is 0 Å². The SMILES string of the molecule is CC/C=C(\CN(C)C(=O)OC(C)(C)C)c1n[nH]c2ccccc12. The van der Waals surface area contributed by atoms with Gasteiger partial charge in [-0.05, 0) is 38.8 Å². The molecule has 5 nitrogen and oxygen atoms in total. The summed E-state index contributed by atoms with van der Waals surface area (Å²) in [6.45, 7) is 8.12. The summed E-state index contributed by atoms with van der Waals surface area (Å²) in [5.41, 5.74) is 2.39. The first kappa shape index (κ1) is 17.1. The highest BCUT2D eigenvalue weighted by molar-refractivity contribution is 5.91. The molecule has 0 radical (unpaired) electrons. The molecular weight excluding hydrogens is 290 g/mol. The summed E-state index contributed by atoms with van der Waals surface area (Å²) in [5.74, 6) is 0. The normalized spacial score (nSPS) is 12.5. The maximum atomic E-state index is 12.2. The van der Waals surface area contributed by atoms with Gasteiger partial charge in [-0.2, -0.15) is 5.10 Å². The third-order valence-electron chi connectivity index (χ3n) is 3.34. The predicted molar refractivity (Wildman–Crippen MR) is 93.2 cm³/mol. The van der Waals surface area contributed by atoms with E-state index in [1.807, 2.05) is 45.0 Å². The van der Waals surface area contributed by atoms with Gasteiger partial charge in [0, 0.05) is 12.4 Å². The predicted octanol–water partition coefficient (Wildman–Crippen LogP) is 4.22. The summed E-state index contributed by atoms with van der Waals surface area (Å²) in [4.78, 5) is 13.8. The molecule has 1 aromatic heterocycles. The van der Waals surface area contributed by atoms with Crippen LogP contribution in [0.5, 0.6) is 0 Å². The number of aromatic nitrogens is 2. The van der Waals surface area contributed by atoms with Crippen LogP contribution in [-0.4, -0.2) is 40.4 Å². The Morgan fingerprint density at radius 2 is 2.04 bits per heavy atom. The summed E-state index contributed by atoms with van der Waals surface area (Å²) in [6.07, 6.45) is 2.64. The first-order valence-corrected chi connectivity index (χ1v) is 7.88. The van der Waals surface area contributed by atoms with Gasteiger partial charge < -0.3 is 9.64 Å². The average Bonchev–Trinajstić information content (AvgIpc) is 2.88. The van der Waals surface area contributed by atoms with Crippen LogP contribution < -0.4 is 0 Å². The maximum Gasteiger partial charge on any atom is 0.410 e. The summed E-state index contributed by atoms with van der Waals surface area (Å²) in [5, 5.41) is 8.53. The van der Waals surface area contributed by atoms with E-state index in [4.69, 9.17) is 4.74 Å². The third-order valence-corrected chi connectivity index (χ3v) is 3.34. The second-order valence-corrected chi connectivity index (χ2v) is 6.59. The van der Waals surface area contributed by atoms with Crippen molar-refractivity contribution in [3.8, 4) is 0 Å². The number of carbonyl (C=O) groups is 1. The maximum absolute atomic E-state index is 12.2. The van der Waals surface area contributed by atoms with Crippen LogP contribution in [-0.2, 0) is 4.74 Å². The van der Waals surface area contributed by atoms with Gasteiger partial charge in [0.05, 0.1) is 17.8 Å². The standard InChI is InChI=1S/C18H25N3O2/c1-6-9-13(12-21(5)17(22)23-18(2,3)4)16-14-10-7-8-11-15(14)19-20-16/h7-11H,6,12H2,1-5H3,(H,19,20)/b13-9+. The molecule has 5 heteroatoms. The fourth-order valence-corrected chi connectivity index (χ4v) is 2.35. The van der Waals surface area contributed by atoms with Crippen LogP contribution in [0, 0.1) is 0 Å². The number of fused-ring (bicyclic) bond motifs is 1. The van der Waals surface area contributed by atoms with Gasteiger partial charge in [-0.1, -0.05) is 31.2 Å². The van der Waals surface area contributed by atoms with Crippen molar-refractivity contribution in [2.75, 3.05) is 13.6 Å². The zero-order valence-corrected chi connectivity index (χ0v) is 14.5. The Morgan fingerprint density at radius 3 is 2.70 bits per heavy atom. The van der Waals surface area contributed by atoms with Gasteiger partial charge in [0.1, 0.15) is 5.60 Å². The number of para-hydroxylation sites is 1. The zero-order valence-electron chi connectivity index (χ0n) is 14.5. The van der Waals surface area contributed by atoms with Crippen molar-refractivity contribution in [1.82, 2.24) is 15.1 Å². The topological polar surface area (TPSA) is 58.2 Å². The molecule has 0 saturated heterocycles. The molecule has 1 aromatic carbocycles. The van der Waals surface area contributed by atoms with Gasteiger partial charge in [0.25, 0.3) is 0 Å². The molecule has 124 valence electrons. The lowest BCUT2D eigenvalue weighted by Crippen LogP contribution is -2.35. The number of nitrogens with one attached hydrogen (secondary N) is 1. The minimum Gasteiger partial charge on any atom is -0.444 e. The fourth-order valence-electron chi connectivity index (χ4n) is 2.35. The van der Waals surface area contributed by atoms with Crippen LogP contribution >= 0.6 is 0 Å². The minimum absolute atomic E-state index is 0.334.